The standard InChI is InChI=1S/C8H17N3O2S/c1-7(11(3)4)6-10-14(12,13)8(2)5-9/h7-8,10H,6H2,1-4H3. The Morgan fingerprint density at radius 3 is 2.29 bits per heavy atom. The molecule has 0 aliphatic carbocycles. The van der Waals surface area contributed by atoms with Gasteiger partial charge < -0.3 is 4.90 Å². The van der Waals surface area contributed by atoms with Crippen LogP contribution in [0, 0.1) is 11.3 Å². The first-order valence-electron chi connectivity index (χ1n) is 4.35. The fourth-order valence-corrected chi connectivity index (χ4v) is 1.48. The molecule has 82 valence electrons. The van der Waals surface area contributed by atoms with Crippen LogP contribution in [0.4, 0.5) is 0 Å². The lowest BCUT2D eigenvalue weighted by Crippen LogP contribution is -2.41. The number of nitrogens with one attached hydrogen (secondary N) is 1. The average molecular weight is 219 g/mol. The van der Waals surface area contributed by atoms with E-state index in [1.807, 2.05) is 25.9 Å². The molecular formula is C8H17N3O2S. The van der Waals surface area contributed by atoms with Crippen LogP contribution in [-0.2, 0) is 10.0 Å². The molecule has 0 saturated carbocycles. The molecule has 0 spiro atoms. The third kappa shape index (κ3) is 4.05. The third-order valence-corrected chi connectivity index (χ3v) is 3.71. The van der Waals surface area contributed by atoms with Gasteiger partial charge in [-0.1, -0.05) is 0 Å². The molecule has 0 aliphatic heterocycles. The first-order valence-corrected chi connectivity index (χ1v) is 5.90. The van der Waals surface area contributed by atoms with Gasteiger partial charge in [-0.3, -0.25) is 0 Å². The molecule has 0 radical (unpaired) electrons. The number of hydrogen-bond acceptors (Lipinski definition) is 4. The van der Waals surface area contributed by atoms with Gasteiger partial charge in [-0.15, -0.1) is 0 Å². The summed E-state index contributed by atoms with van der Waals surface area (Å²) in [5.74, 6) is 0. The van der Waals surface area contributed by atoms with Gasteiger partial charge in [0.05, 0.1) is 6.07 Å². The second-order valence-electron chi connectivity index (χ2n) is 3.48. The summed E-state index contributed by atoms with van der Waals surface area (Å²) in [6, 6.07) is 1.80. The van der Waals surface area contributed by atoms with E-state index in [4.69, 9.17) is 5.26 Å². The van der Waals surface area contributed by atoms with E-state index in [9.17, 15) is 8.42 Å². The van der Waals surface area contributed by atoms with E-state index in [-0.39, 0.29) is 6.04 Å². The Bertz CT molecular complexity index is 305. The number of rotatable bonds is 5. The molecule has 0 bridgehead atoms. The Hall–Kier alpha value is -0.640. The molecule has 0 aromatic heterocycles. The smallest absolute Gasteiger partial charge is 0.227 e. The summed E-state index contributed by atoms with van der Waals surface area (Å²) in [6.45, 7) is 3.59. The SMILES string of the molecule is CC(CNS(=O)(=O)C(C)C#N)N(C)C. The van der Waals surface area contributed by atoms with Gasteiger partial charge in [-0.25, -0.2) is 13.1 Å². The fourth-order valence-electron chi connectivity index (χ4n) is 0.614. The monoisotopic (exact) mass is 219 g/mol. The van der Waals surface area contributed by atoms with Crippen LogP contribution >= 0.6 is 0 Å². The molecule has 0 amide bonds. The maximum atomic E-state index is 11.3. The van der Waals surface area contributed by atoms with Crippen LogP contribution in [-0.4, -0.2) is 45.2 Å². The molecule has 0 aliphatic rings. The zero-order chi connectivity index (χ0) is 11.4. The lowest BCUT2D eigenvalue weighted by atomic mass is 10.3. The van der Waals surface area contributed by atoms with E-state index in [1.165, 1.54) is 6.92 Å². The number of sulfonamides is 1. The minimum atomic E-state index is -3.48. The van der Waals surface area contributed by atoms with Crippen LogP contribution in [0.2, 0.25) is 0 Å². The van der Waals surface area contributed by atoms with Gasteiger partial charge >= 0.3 is 0 Å². The molecule has 0 fully saturated rings. The summed E-state index contributed by atoms with van der Waals surface area (Å²) in [7, 11) is 0.259. The Morgan fingerprint density at radius 2 is 1.93 bits per heavy atom. The quantitative estimate of drug-likeness (QED) is 0.693. The molecule has 1 N–H and O–H groups in total. The highest BCUT2D eigenvalue weighted by Crippen LogP contribution is 1.97. The van der Waals surface area contributed by atoms with Crippen molar-refractivity contribution in [2.45, 2.75) is 25.1 Å². The second-order valence-corrected chi connectivity index (χ2v) is 5.56. The van der Waals surface area contributed by atoms with Crippen molar-refractivity contribution in [2.75, 3.05) is 20.6 Å². The Morgan fingerprint density at radius 1 is 1.43 bits per heavy atom. The van der Waals surface area contributed by atoms with Gasteiger partial charge in [0.25, 0.3) is 0 Å². The maximum Gasteiger partial charge on any atom is 0.227 e. The lowest BCUT2D eigenvalue weighted by molar-refractivity contribution is 0.313. The van der Waals surface area contributed by atoms with Crippen molar-refractivity contribution in [3.8, 4) is 6.07 Å². The van der Waals surface area contributed by atoms with Gasteiger partial charge in [-0.2, -0.15) is 5.26 Å². The molecule has 14 heavy (non-hydrogen) atoms. The van der Waals surface area contributed by atoms with Crippen molar-refractivity contribution in [2.24, 2.45) is 0 Å². The Kier molecular flexibility index (Phi) is 5.05. The van der Waals surface area contributed by atoms with Gasteiger partial charge in [0.15, 0.2) is 5.25 Å². The predicted octanol–water partition coefficient (Wildman–Crippen LogP) is -0.232. The molecule has 2 unspecified atom stereocenters. The van der Waals surface area contributed by atoms with Gasteiger partial charge in [0.1, 0.15) is 0 Å². The topological polar surface area (TPSA) is 73.2 Å². The summed E-state index contributed by atoms with van der Waals surface area (Å²) in [6.07, 6.45) is 0. The minimum Gasteiger partial charge on any atom is -0.305 e. The van der Waals surface area contributed by atoms with Crippen LogP contribution in [0.1, 0.15) is 13.8 Å². The zero-order valence-corrected chi connectivity index (χ0v) is 9.80. The zero-order valence-electron chi connectivity index (χ0n) is 8.98. The van der Waals surface area contributed by atoms with Crippen molar-refractivity contribution in [3.05, 3.63) is 0 Å². The minimum absolute atomic E-state index is 0.107. The first kappa shape index (κ1) is 13.4. The van der Waals surface area contributed by atoms with Gasteiger partial charge in [-0.05, 0) is 27.9 Å². The Labute approximate surface area is 85.8 Å². The van der Waals surface area contributed by atoms with E-state index < -0.39 is 15.3 Å². The van der Waals surface area contributed by atoms with E-state index in [1.54, 1.807) is 6.07 Å². The molecule has 6 heteroatoms. The molecular weight excluding hydrogens is 202 g/mol. The highest BCUT2D eigenvalue weighted by atomic mass is 32.2. The average Bonchev–Trinajstić information content (AvgIpc) is 2.12. The molecule has 0 heterocycles. The number of nitrogens with zero attached hydrogens (tertiary/aromatic N) is 2. The van der Waals surface area contributed by atoms with Crippen molar-refractivity contribution < 1.29 is 8.42 Å². The number of nitriles is 1. The van der Waals surface area contributed by atoms with Crippen LogP contribution in [0.15, 0.2) is 0 Å². The highest BCUT2D eigenvalue weighted by Gasteiger charge is 2.20. The summed E-state index contributed by atoms with van der Waals surface area (Å²) in [5, 5.41) is 7.46. The highest BCUT2D eigenvalue weighted by molar-refractivity contribution is 7.90. The summed E-state index contributed by atoms with van der Waals surface area (Å²) >= 11 is 0. The molecule has 0 aromatic rings. The van der Waals surface area contributed by atoms with Crippen LogP contribution in [0.25, 0.3) is 0 Å². The predicted molar refractivity (Wildman–Crippen MR) is 55.1 cm³/mol. The fraction of sp³-hybridized carbons (Fsp3) is 0.875. The largest absolute Gasteiger partial charge is 0.305 e. The Balaban J connectivity index is 4.22. The van der Waals surface area contributed by atoms with Crippen LogP contribution in [0.3, 0.4) is 0 Å². The molecule has 5 nitrogen and oxygen atoms in total. The molecule has 2 atom stereocenters. The molecule has 0 aromatic carbocycles. The van der Waals surface area contributed by atoms with Crippen molar-refractivity contribution in [1.29, 1.82) is 5.26 Å². The van der Waals surface area contributed by atoms with Crippen LogP contribution < -0.4 is 4.72 Å². The maximum absolute atomic E-state index is 11.3. The van der Waals surface area contributed by atoms with E-state index in [0.717, 1.165) is 0 Å². The molecule has 0 rings (SSSR count). The van der Waals surface area contributed by atoms with Crippen molar-refractivity contribution in [1.82, 2.24) is 9.62 Å². The van der Waals surface area contributed by atoms with Crippen molar-refractivity contribution in [3.63, 3.8) is 0 Å². The summed E-state index contributed by atoms with van der Waals surface area (Å²) < 4.78 is 25.1. The summed E-state index contributed by atoms with van der Waals surface area (Å²) in [4.78, 5) is 1.90. The number of hydrogen-bond donors (Lipinski definition) is 1. The van der Waals surface area contributed by atoms with E-state index >= 15 is 0 Å². The number of likely N-dealkylation sites (N-methyl/N-ethyl adjacent to an activating group) is 1. The van der Waals surface area contributed by atoms with Gasteiger partial charge in [0.2, 0.25) is 10.0 Å². The summed E-state index contributed by atoms with van der Waals surface area (Å²) in [5.41, 5.74) is 0. The second kappa shape index (κ2) is 5.29. The normalized spacial score (nSPS) is 16.3. The van der Waals surface area contributed by atoms with E-state index in [2.05, 4.69) is 4.72 Å². The van der Waals surface area contributed by atoms with Gasteiger partial charge in [0, 0.05) is 12.6 Å². The third-order valence-electron chi connectivity index (χ3n) is 2.11. The van der Waals surface area contributed by atoms with E-state index in [0.29, 0.717) is 6.54 Å². The van der Waals surface area contributed by atoms with Crippen LogP contribution in [0.5, 0.6) is 0 Å². The first-order chi connectivity index (χ1) is 6.31. The van der Waals surface area contributed by atoms with Crippen molar-refractivity contribution >= 4 is 10.0 Å². The lowest BCUT2D eigenvalue weighted by Gasteiger charge is -2.20. The molecule has 0 saturated heterocycles.